The largest absolute Gasteiger partial charge is 0.462 e. The van der Waals surface area contributed by atoms with E-state index in [2.05, 4.69) is 15.9 Å². The Morgan fingerprint density at radius 2 is 2.00 bits per heavy atom. The molecule has 86 valence electrons. The lowest BCUT2D eigenvalue weighted by Gasteiger charge is -2.04. The first-order valence-corrected chi connectivity index (χ1v) is 6.14. The number of ketones is 1. The molecule has 0 amide bonds. The number of Topliss-reactive ketones (excluding diaryl/α,β-unsaturated/α-hetero) is 1. The van der Waals surface area contributed by atoms with Crippen molar-refractivity contribution >= 4 is 39.3 Å². The Bertz CT molecular complexity index is 393. The third kappa shape index (κ3) is 3.94. The van der Waals surface area contributed by atoms with E-state index < -0.39 is 5.97 Å². The van der Waals surface area contributed by atoms with E-state index in [9.17, 15) is 9.59 Å². The molecule has 0 aliphatic rings. The van der Waals surface area contributed by atoms with Gasteiger partial charge in [0, 0.05) is 6.42 Å². The molecule has 0 aromatic heterocycles. The van der Waals surface area contributed by atoms with Gasteiger partial charge in [-0.15, -0.1) is 0 Å². The van der Waals surface area contributed by atoms with Gasteiger partial charge in [-0.25, -0.2) is 4.79 Å². The highest BCUT2D eigenvalue weighted by molar-refractivity contribution is 9.09. The molecular weight excluding hydrogens is 295 g/mol. The molecule has 0 aliphatic carbocycles. The first-order chi connectivity index (χ1) is 7.65. The monoisotopic (exact) mass is 304 g/mol. The van der Waals surface area contributed by atoms with E-state index in [1.807, 2.05) is 0 Å². The first kappa shape index (κ1) is 13.2. The van der Waals surface area contributed by atoms with Gasteiger partial charge < -0.3 is 4.74 Å². The van der Waals surface area contributed by atoms with Crippen molar-refractivity contribution in [2.24, 2.45) is 0 Å². The van der Waals surface area contributed by atoms with Crippen LogP contribution in [0, 0.1) is 0 Å². The van der Waals surface area contributed by atoms with Gasteiger partial charge in [-0.05, 0) is 12.1 Å². The molecule has 0 bridgehead atoms. The summed E-state index contributed by atoms with van der Waals surface area (Å²) in [6.45, 7) is 0.0779. The van der Waals surface area contributed by atoms with Gasteiger partial charge in [0.15, 0.2) is 0 Å². The number of esters is 1. The fraction of sp³-hybridized carbons (Fsp3) is 0.273. The van der Waals surface area contributed by atoms with E-state index in [1.54, 1.807) is 24.3 Å². The van der Waals surface area contributed by atoms with Gasteiger partial charge in [0.2, 0.25) is 0 Å². The van der Waals surface area contributed by atoms with Crippen LogP contribution in [0.3, 0.4) is 0 Å². The second kappa shape index (κ2) is 6.66. The summed E-state index contributed by atoms with van der Waals surface area (Å²) in [5.74, 6) is -0.514. The quantitative estimate of drug-likeness (QED) is 0.620. The van der Waals surface area contributed by atoms with Crippen LogP contribution in [0.2, 0.25) is 5.02 Å². The number of alkyl halides is 1. The van der Waals surface area contributed by atoms with Crippen LogP contribution in [-0.2, 0) is 9.53 Å². The molecule has 5 heteroatoms. The molecule has 0 saturated carbocycles. The highest BCUT2D eigenvalue weighted by Gasteiger charge is 2.11. The van der Waals surface area contributed by atoms with Gasteiger partial charge in [0.1, 0.15) is 5.78 Å². The number of halogens is 2. The van der Waals surface area contributed by atoms with Crippen molar-refractivity contribution < 1.29 is 14.3 Å². The van der Waals surface area contributed by atoms with Crippen molar-refractivity contribution in [3.8, 4) is 0 Å². The average molecular weight is 306 g/mol. The van der Waals surface area contributed by atoms with Gasteiger partial charge >= 0.3 is 5.97 Å². The minimum absolute atomic E-state index is 0.00745. The van der Waals surface area contributed by atoms with E-state index in [0.29, 0.717) is 10.6 Å². The van der Waals surface area contributed by atoms with Crippen molar-refractivity contribution in [2.75, 3.05) is 11.9 Å². The second-order valence-electron chi connectivity index (χ2n) is 3.04. The first-order valence-electron chi connectivity index (χ1n) is 4.64. The minimum atomic E-state index is -0.507. The van der Waals surface area contributed by atoms with Crippen LogP contribution in [0.25, 0.3) is 0 Å². The summed E-state index contributed by atoms with van der Waals surface area (Å²) in [6, 6.07) is 6.62. The van der Waals surface area contributed by atoms with E-state index in [0.717, 1.165) is 0 Å². The Labute approximate surface area is 107 Å². The molecule has 0 saturated heterocycles. The standard InChI is InChI=1S/C11H10BrClO3/c12-7-8(14)5-6-16-11(15)9-3-1-2-4-10(9)13/h1-4H,5-7H2. The molecule has 0 unspecified atom stereocenters. The van der Waals surface area contributed by atoms with Crippen molar-refractivity contribution in [2.45, 2.75) is 6.42 Å². The number of ether oxygens (including phenoxy) is 1. The van der Waals surface area contributed by atoms with Gasteiger partial charge in [-0.1, -0.05) is 39.7 Å². The van der Waals surface area contributed by atoms with Crippen LogP contribution >= 0.6 is 27.5 Å². The Kier molecular flexibility index (Phi) is 5.49. The predicted molar refractivity (Wildman–Crippen MR) is 65.2 cm³/mol. The van der Waals surface area contributed by atoms with Gasteiger partial charge in [-0.3, -0.25) is 4.79 Å². The number of carbonyl (C=O) groups excluding carboxylic acids is 2. The Morgan fingerprint density at radius 1 is 1.31 bits per heavy atom. The molecule has 1 aromatic carbocycles. The highest BCUT2D eigenvalue weighted by Crippen LogP contribution is 2.15. The van der Waals surface area contributed by atoms with E-state index in [4.69, 9.17) is 16.3 Å². The fourth-order valence-electron chi connectivity index (χ4n) is 1.03. The topological polar surface area (TPSA) is 43.4 Å². The number of hydrogen-bond donors (Lipinski definition) is 0. The number of carbonyl (C=O) groups is 2. The molecule has 16 heavy (non-hydrogen) atoms. The lowest BCUT2D eigenvalue weighted by atomic mass is 10.2. The number of rotatable bonds is 5. The predicted octanol–water partition coefficient (Wildman–Crippen LogP) is 2.85. The van der Waals surface area contributed by atoms with Crippen molar-refractivity contribution in [3.05, 3.63) is 34.9 Å². The van der Waals surface area contributed by atoms with Gasteiger partial charge in [0.25, 0.3) is 0 Å². The number of hydrogen-bond acceptors (Lipinski definition) is 3. The molecular formula is C11H10BrClO3. The van der Waals surface area contributed by atoms with Crippen LogP contribution in [0.15, 0.2) is 24.3 Å². The average Bonchev–Trinajstić information content (AvgIpc) is 2.29. The third-order valence-corrected chi connectivity index (χ3v) is 2.81. The summed E-state index contributed by atoms with van der Waals surface area (Å²) in [5.41, 5.74) is 0.315. The molecule has 1 rings (SSSR count). The Hall–Kier alpha value is -0.870. The van der Waals surface area contributed by atoms with Crippen LogP contribution < -0.4 is 0 Å². The summed E-state index contributed by atoms with van der Waals surface area (Å²) >= 11 is 8.84. The normalized spacial score (nSPS) is 9.88. The van der Waals surface area contributed by atoms with Gasteiger partial charge in [-0.2, -0.15) is 0 Å². The zero-order valence-corrected chi connectivity index (χ0v) is 10.8. The third-order valence-electron chi connectivity index (χ3n) is 1.86. The lowest BCUT2D eigenvalue weighted by Crippen LogP contribution is -2.10. The molecule has 0 atom stereocenters. The van der Waals surface area contributed by atoms with Crippen LogP contribution in [0.5, 0.6) is 0 Å². The zero-order chi connectivity index (χ0) is 12.0. The molecule has 0 N–H and O–H groups in total. The van der Waals surface area contributed by atoms with Crippen molar-refractivity contribution in [3.63, 3.8) is 0 Å². The van der Waals surface area contributed by atoms with Crippen LogP contribution in [0.4, 0.5) is 0 Å². The second-order valence-corrected chi connectivity index (χ2v) is 4.01. The summed E-state index contributed by atoms with van der Waals surface area (Å²) < 4.78 is 4.92. The summed E-state index contributed by atoms with van der Waals surface area (Å²) in [5, 5.41) is 0.621. The molecule has 0 spiro atoms. The van der Waals surface area contributed by atoms with Crippen molar-refractivity contribution in [1.82, 2.24) is 0 Å². The zero-order valence-electron chi connectivity index (χ0n) is 8.41. The minimum Gasteiger partial charge on any atom is -0.462 e. The molecule has 3 nitrogen and oxygen atoms in total. The Morgan fingerprint density at radius 3 is 2.62 bits per heavy atom. The Balaban J connectivity index is 2.47. The molecule has 0 radical (unpaired) electrons. The van der Waals surface area contributed by atoms with E-state index in [-0.39, 0.29) is 24.1 Å². The van der Waals surface area contributed by atoms with Gasteiger partial charge in [0.05, 0.1) is 22.5 Å². The molecule has 0 fully saturated rings. The molecule has 1 aromatic rings. The fourth-order valence-corrected chi connectivity index (χ4v) is 1.52. The maximum absolute atomic E-state index is 11.5. The maximum atomic E-state index is 11.5. The summed E-state index contributed by atoms with van der Waals surface area (Å²) in [6.07, 6.45) is 0.210. The molecule has 0 aliphatic heterocycles. The van der Waals surface area contributed by atoms with E-state index in [1.165, 1.54) is 0 Å². The lowest BCUT2D eigenvalue weighted by molar-refractivity contribution is -0.117. The summed E-state index contributed by atoms with van der Waals surface area (Å²) in [4.78, 5) is 22.4. The van der Waals surface area contributed by atoms with E-state index >= 15 is 0 Å². The summed E-state index contributed by atoms with van der Waals surface area (Å²) in [7, 11) is 0. The number of benzene rings is 1. The molecule has 0 heterocycles. The smallest absolute Gasteiger partial charge is 0.339 e. The maximum Gasteiger partial charge on any atom is 0.339 e. The van der Waals surface area contributed by atoms with Crippen molar-refractivity contribution in [1.29, 1.82) is 0 Å². The SMILES string of the molecule is O=C(CBr)CCOC(=O)c1ccccc1Cl. The van der Waals surface area contributed by atoms with Crippen LogP contribution in [0.1, 0.15) is 16.8 Å². The van der Waals surface area contributed by atoms with Crippen LogP contribution in [-0.4, -0.2) is 23.7 Å². The highest BCUT2D eigenvalue weighted by atomic mass is 79.9.